The predicted octanol–water partition coefficient (Wildman–Crippen LogP) is 1.27. The van der Waals surface area contributed by atoms with Crippen molar-refractivity contribution >= 4 is 0 Å². The van der Waals surface area contributed by atoms with Gasteiger partial charge in [0.15, 0.2) is 0 Å². The zero-order chi connectivity index (χ0) is 12.5. The van der Waals surface area contributed by atoms with Crippen molar-refractivity contribution in [2.75, 3.05) is 39.5 Å². The van der Waals surface area contributed by atoms with Gasteiger partial charge in [-0.3, -0.25) is 4.90 Å². The Bertz CT molecular complexity index is 180. The third-order valence-corrected chi connectivity index (χ3v) is 3.37. The van der Waals surface area contributed by atoms with E-state index in [9.17, 15) is 5.11 Å². The highest BCUT2D eigenvalue weighted by molar-refractivity contribution is 4.85. The smallest absolute Gasteiger partial charge is 0.0695 e. The molecule has 1 aliphatic carbocycles. The van der Waals surface area contributed by atoms with Crippen LogP contribution in [0.2, 0.25) is 0 Å². The maximum Gasteiger partial charge on any atom is 0.0695 e. The summed E-state index contributed by atoms with van der Waals surface area (Å²) in [5.41, 5.74) is 0. The van der Waals surface area contributed by atoms with Gasteiger partial charge in [-0.2, -0.15) is 0 Å². The fraction of sp³-hybridized carbons (Fsp3) is 1.00. The number of hydrogen-bond acceptors (Lipinski definition) is 4. The molecule has 0 aromatic carbocycles. The van der Waals surface area contributed by atoms with Gasteiger partial charge in [0.1, 0.15) is 0 Å². The van der Waals surface area contributed by atoms with Crippen LogP contribution in [0.25, 0.3) is 0 Å². The van der Waals surface area contributed by atoms with Crippen LogP contribution in [-0.4, -0.2) is 61.7 Å². The van der Waals surface area contributed by atoms with Crippen molar-refractivity contribution in [3.05, 3.63) is 0 Å². The number of ether oxygens (including phenoxy) is 2. The molecule has 4 heteroatoms. The topological polar surface area (TPSA) is 41.9 Å². The lowest BCUT2D eigenvalue weighted by Gasteiger charge is -2.30. The highest BCUT2D eigenvalue weighted by atomic mass is 16.5. The molecule has 2 atom stereocenters. The van der Waals surface area contributed by atoms with E-state index in [-0.39, 0.29) is 6.10 Å². The SMILES string of the molecule is CCOCCN(CCOCC)[C@@H]1CCC[C@H]1O. The van der Waals surface area contributed by atoms with Crippen molar-refractivity contribution in [2.45, 2.75) is 45.3 Å². The largest absolute Gasteiger partial charge is 0.391 e. The van der Waals surface area contributed by atoms with E-state index in [1.165, 1.54) is 0 Å². The lowest BCUT2D eigenvalue weighted by atomic mass is 10.2. The predicted molar refractivity (Wildman–Crippen MR) is 68.2 cm³/mol. The zero-order valence-corrected chi connectivity index (χ0v) is 11.2. The van der Waals surface area contributed by atoms with E-state index in [1.807, 2.05) is 13.8 Å². The number of nitrogens with zero attached hydrogens (tertiary/aromatic N) is 1. The Morgan fingerprint density at radius 3 is 2.06 bits per heavy atom. The third-order valence-electron chi connectivity index (χ3n) is 3.37. The normalized spacial score (nSPS) is 24.7. The molecule has 4 nitrogen and oxygen atoms in total. The van der Waals surface area contributed by atoms with Crippen molar-refractivity contribution in [2.24, 2.45) is 0 Å². The van der Waals surface area contributed by atoms with Gasteiger partial charge < -0.3 is 14.6 Å². The summed E-state index contributed by atoms with van der Waals surface area (Å²) in [5.74, 6) is 0. The van der Waals surface area contributed by atoms with Gasteiger partial charge in [-0.05, 0) is 33.1 Å². The first-order valence-electron chi connectivity index (χ1n) is 6.87. The Labute approximate surface area is 105 Å². The minimum Gasteiger partial charge on any atom is -0.391 e. The summed E-state index contributed by atoms with van der Waals surface area (Å²) in [6.07, 6.45) is 2.99. The van der Waals surface area contributed by atoms with E-state index in [1.54, 1.807) is 0 Å². The third kappa shape index (κ3) is 5.34. The molecule has 0 amide bonds. The van der Waals surface area contributed by atoms with Gasteiger partial charge in [-0.15, -0.1) is 0 Å². The second-order valence-electron chi connectivity index (χ2n) is 4.50. The van der Waals surface area contributed by atoms with Gasteiger partial charge in [0.2, 0.25) is 0 Å². The molecule has 1 saturated carbocycles. The van der Waals surface area contributed by atoms with Crippen LogP contribution in [0.5, 0.6) is 0 Å². The average molecular weight is 245 g/mol. The van der Waals surface area contributed by atoms with Gasteiger partial charge in [-0.1, -0.05) is 0 Å². The number of rotatable bonds is 9. The minimum absolute atomic E-state index is 0.168. The van der Waals surface area contributed by atoms with Crippen molar-refractivity contribution in [1.82, 2.24) is 4.90 Å². The van der Waals surface area contributed by atoms with E-state index in [4.69, 9.17) is 9.47 Å². The van der Waals surface area contributed by atoms with Gasteiger partial charge in [0.05, 0.1) is 19.3 Å². The highest BCUT2D eigenvalue weighted by Crippen LogP contribution is 2.23. The number of aliphatic hydroxyl groups excluding tert-OH is 1. The maximum atomic E-state index is 9.95. The van der Waals surface area contributed by atoms with Gasteiger partial charge in [0.25, 0.3) is 0 Å². The second kappa shape index (κ2) is 8.86. The van der Waals surface area contributed by atoms with Crippen LogP contribution in [0.4, 0.5) is 0 Å². The molecule has 0 aromatic rings. The summed E-state index contributed by atoms with van der Waals surface area (Å²) in [7, 11) is 0. The molecule has 0 aliphatic heterocycles. The Morgan fingerprint density at radius 1 is 1.06 bits per heavy atom. The first-order chi connectivity index (χ1) is 8.29. The molecule has 0 saturated heterocycles. The summed E-state index contributed by atoms with van der Waals surface area (Å²) in [5, 5.41) is 9.95. The molecule has 0 heterocycles. The highest BCUT2D eigenvalue weighted by Gasteiger charge is 2.30. The Kier molecular flexibility index (Phi) is 7.77. The summed E-state index contributed by atoms with van der Waals surface area (Å²) in [4.78, 5) is 2.32. The molecule has 0 unspecified atom stereocenters. The molecule has 1 N–H and O–H groups in total. The average Bonchev–Trinajstić information content (AvgIpc) is 2.74. The van der Waals surface area contributed by atoms with E-state index in [0.717, 1.165) is 58.8 Å². The summed E-state index contributed by atoms with van der Waals surface area (Å²) in [6, 6.07) is 0.302. The molecular weight excluding hydrogens is 218 g/mol. The number of aliphatic hydroxyl groups is 1. The quantitative estimate of drug-likeness (QED) is 0.621. The lowest BCUT2D eigenvalue weighted by Crippen LogP contribution is -2.44. The van der Waals surface area contributed by atoms with Crippen LogP contribution in [0, 0.1) is 0 Å². The molecule has 102 valence electrons. The van der Waals surface area contributed by atoms with Crippen LogP contribution >= 0.6 is 0 Å². The van der Waals surface area contributed by atoms with E-state index < -0.39 is 0 Å². The molecule has 1 aliphatic rings. The van der Waals surface area contributed by atoms with Crippen molar-refractivity contribution in [3.8, 4) is 0 Å². The Morgan fingerprint density at radius 2 is 1.65 bits per heavy atom. The van der Waals surface area contributed by atoms with Gasteiger partial charge >= 0.3 is 0 Å². The van der Waals surface area contributed by atoms with Crippen LogP contribution in [-0.2, 0) is 9.47 Å². The maximum absolute atomic E-state index is 9.95. The second-order valence-corrected chi connectivity index (χ2v) is 4.50. The van der Waals surface area contributed by atoms with E-state index >= 15 is 0 Å². The summed E-state index contributed by atoms with van der Waals surface area (Å²) < 4.78 is 10.8. The fourth-order valence-corrected chi connectivity index (χ4v) is 2.44. The summed E-state index contributed by atoms with van der Waals surface area (Å²) >= 11 is 0. The van der Waals surface area contributed by atoms with Crippen LogP contribution < -0.4 is 0 Å². The molecule has 1 fully saturated rings. The molecule has 0 radical (unpaired) electrons. The minimum atomic E-state index is -0.168. The van der Waals surface area contributed by atoms with Crippen LogP contribution in [0.3, 0.4) is 0 Å². The lowest BCUT2D eigenvalue weighted by molar-refractivity contribution is 0.0248. The Hall–Kier alpha value is -0.160. The number of hydrogen-bond donors (Lipinski definition) is 1. The van der Waals surface area contributed by atoms with Crippen molar-refractivity contribution in [3.63, 3.8) is 0 Å². The van der Waals surface area contributed by atoms with Gasteiger partial charge in [0, 0.05) is 32.3 Å². The zero-order valence-electron chi connectivity index (χ0n) is 11.2. The first-order valence-corrected chi connectivity index (χ1v) is 6.87. The fourth-order valence-electron chi connectivity index (χ4n) is 2.44. The standard InChI is InChI=1S/C13H27NO3/c1-3-16-10-8-14(9-11-17-4-2)12-6-5-7-13(12)15/h12-13,15H,3-11H2,1-2H3/t12-,13-/m1/s1. The first kappa shape index (κ1) is 14.9. The molecule has 0 bridgehead atoms. The molecular formula is C13H27NO3. The molecule has 17 heavy (non-hydrogen) atoms. The summed E-state index contributed by atoms with van der Waals surface area (Å²) in [6.45, 7) is 8.80. The van der Waals surface area contributed by atoms with Crippen molar-refractivity contribution in [1.29, 1.82) is 0 Å². The monoisotopic (exact) mass is 245 g/mol. The van der Waals surface area contributed by atoms with Crippen LogP contribution in [0.15, 0.2) is 0 Å². The van der Waals surface area contributed by atoms with E-state index in [2.05, 4.69) is 4.90 Å². The van der Waals surface area contributed by atoms with Gasteiger partial charge in [-0.25, -0.2) is 0 Å². The van der Waals surface area contributed by atoms with Crippen molar-refractivity contribution < 1.29 is 14.6 Å². The van der Waals surface area contributed by atoms with Crippen LogP contribution in [0.1, 0.15) is 33.1 Å². The Balaban J connectivity index is 2.34. The molecule has 0 aromatic heterocycles. The van der Waals surface area contributed by atoms with E-state index in [0.29, 0.717) is 6.04 Å². The molecule has 0 spiro atoms. The molecule has 1 rings (SSSR count).